The highest BCUT2D eigenvalue weighted by Crippen LogP contribution is 2.50. The molecule has 3 nitrogen and oxygen atoms in total. The fraction of sp³-hybridized carbons (Fsp3) is 0.923. The van der Waals surface area contributed by atoms with Crippen LogP contribution >= 0.6 is 0 Å². The Balaban J connectivity index is 1.72. The first-order chi connectivity index (χ1) is 7.65. The van der Waals surface area contributed by atoms with Crippen LogP contribution in [0.3, 0.4) is 0 Å². The van der Waals surface area contributed by atoms with E-state index in [2.05, 4.69) is 6.92 Å². The highest BCUT2D eigenvalue weighted by atomic mass is 16.5. The molecule has 1 heterocycles. The lowest BCUT2D eigenvalue weighted by atomic mass is 9.61. The van der Waals surface area contributed by atoms with Crippen LogP contribution in [0.15, 0.2) is 0 Å². The molecule has 2 rings (SSSR count). The highest BCUT2D eigenvalue weighted by molar-refractivity contribution is 5.73. The zero-order chi connectivity index (χ0) is 11.6. The third kappa shape index (κ3) is 2.40. The van der Waals surface area contributed by atoms with Crippen LogP contribution in [0.25, 0.3) is 0 Å². The van der Waals surface area contributed by atoms with E-state index in [1.165, 1.54) is 25.7 Å². The van der Waals surface area contributed by atoms with Crippen LogP contribution in [0.5, 0.6) is 0 Å². The fourth-order valence-corrected chi connectivity index (χ4v) is 3.01. The van der Waals surface area contributed by atoms with Gasteiger partial charge in [0.1, 0.15) is 0 Å². The zero-order valence-corrected chi connectivity index (χ0v) is 10.5. The molecular weight excluding hydrogens is 202 g/mol. The van der Waals surface area contributed by atoms with Gasteiger partial charge in [-0.05, 0) is 37.5 Å². The van der Waals surface area contributed by atoms with Crippen molar-refractivity contribution in [2.24, 2.45) is 5.41 Å². The highest BCUT2D eigenvalue weighted by Gasteiger charge is 2.46. The Morgan fingerprint density at radius 2 is 2.00 bits per heavy atom. The molecule has 2 aliphatic rings. The van der Waals surface area contributed by atoms with E-state index in [0.717, 1.165) is 26.1 Å². The predicted octanol–water partition coefficient (Wildman–Crippen LogP) is 2.20. The first kappa shape index (κ1) is 11.9. The molecule has 0 aromatic rings. The number of carbonyl (C=O) groups is 1. The second-order valence-electron chi connectivity index (χ2n) is 5.41. The molecule has 1 aliphatic heterocycles. The maximum atomic E-state index is 11.2. The van der Waals surface area contributed by atoms with E-state index in [1.807, 2.05) is 4.90 Å². The molecule has 0 atom stereocenters. The summed E-state index contributed by atoms with van der Waals surface area (Å²) in [4.78, 5) is 13.2. The van der Waals surface area contributed by atoms with Crippen molar-refractivity contribution < 1.29 is 9.53 Å². The fourth-order valence-electron chi connectivity index (χ4n) is 3.01. The van der Waals surface area contributed by atoms with E-state index in [1.54, 1.807) is 6.92 Å². The van der Waals surface area contributed by atoms with Crippen LogP contribution in [0.1, 0.15) is 46.0 Å². The molecule has 92 valence electrons. The van der Waals surface area contributed by atoms with Crippen molar-refractivity contribution in [3.63, 3.8) is 0 Å². The van der Waals surface area contributed by atoms with E-state index in [4.69, 9.17) is 4.74 Å². The Hall–Kier alpha value is -0.570. The van der Waals surface area contributed by atoms with Gasteiger partial charge in [-0.2, -0.15) is 0 Å². The molecule has 1 saturated heterocycles. The second-order valence-corrected chi connectivity index (χ2v) is 5.41. The minimum atomic E-state index is 0.230. The maximum absolute atomic E-state index is 11.2. The van der Waals surface area contributed by atoms with Gasteiger partial charge in [0.05, 0.1) is 6.10 Å². The van der Waals surface area contributed by atoms with Gasteiger partial charge in [-0.15, -0.1) is 0 Å². The predicted molar refractivity (Wildman–Crippen MR) is 63.2 cm³/mol. The molecule has 0 N–H and O–H groups in total. The molecule has 0 bridgehead atoms. The van der Waals surface area contributed by atoms with Gasteiger partial charge in [-0.1, -0.05) is 6.92 Å². The Kier molecular flexibility index (Phi) is 3.53. The van der Waals surface area contributed by atoms with Gasteiger partial charge in [0.25, 0.3) is 0 Å². The number of carbonyl (C=O) groups excluding carboxylic acids is 1. The number of amides is 1. The molecule has 0 unspecified atom stereocenters. The molecule has 0 radical (unpaired) electrons. The minimum absolute atomic E-state index is 0.230. The molecule has 2 fully saturated rings. The van der Waals surface area contributed by atoms with Gasteiger partial charge in [-0.3, -0.25) is 4.79 Å². The summed E-state index contributed by atoms with van der Waals surface area (Å²) in [5.41, 5.74) is 0.518. The van der Waals surface area contributed by atoms with Crippen molar-refractivity contribution in [3.05, 3.63) is 0 Å². The average molecular weight is 225 g/mol. The number of ether oxygens (including phenoxy) is 1. The molecule has 1 spiro atoms. The number of rotatable bonds is 3. The summed E-state index contributed by atoms with van der Waals surface area (Å²) < 4.78 is 5.75. The normalized spacial score (nSPS) is 24.5. The first-order valence-electron chi connectivity index (χ1n) is 6.52. The molecule has 16 heavy (non-hydrogen) atoms. The summed E-state index contributed by atoms with van der Waals surface area (Å²) in [6.45, 7) is 6.64. The van der Waals surface area contributed by atoms with Crippen LogP contribution < -0.4 is 0 Å². The van der Waals surface area contributed by atoms with Crippen LogP contribution in [0, 0.1) is 5.41 Å². The topological polar surface area (TPSA) is 29.5 Å². The summed E-state index contributed by atoms with van der Waals surface area (Å²) in [5.74, 6) is 0.230. The van der Waals surface area contributed by atoms with Crippen molar-refractivity contribution in [2.75, 3.05) is 19.7 Å². The zero-order valence-electron chi connectivity index (χ0n) is 10.5. The van der Waals surface area contributed by atoms with Crippen molar-refractivity contribution in [1.82, 2.24) is 4.90 Å². The molecule has 1 amide bonds. The monoisotopic (exact) mass is 225 g/mol. The van der Waals surface area contributed by atoms with Gasteiger partial charge in [0, 0.05) is 26.6 Å². The Bertz CT molecular complexity index is 249. The minimum Gasteiger partial charge on any atom is -0.378 e. The van der Waals surface area contributed by atoms with E-state index in [-0.39, 0.29) is 5.91 Å². The first-order valence-corrected chi connectivity index (χ1v) is 6.52. The Labute approximate surface area is 98.1 Å². The van der Waals surface area contributed by atoms with E-state index in [0.29, 0.717) is 11.5 Å². The SMILES string of the molecule is CCCOC1CC2(CCN(C(C)=O)CC2)C1. The van der Waals surface area contributed by atoms with Crippen LogP contribution in [0.4, 0.5) is 0 Å². The van der Waals surface area contributed by atoms with E-state index >= 15 is 0 Å². The van der Waals surface area contributed by atoms with E-state index in [9.17, 15) is 4.79 Å². The summed E-state index contributed by atoms with van der Waals surface area (Å²) >= 11 is 0. The van der Waals surface area contributed by atoms with Crippen LogP contribution in [-0.4, -0.2) is 36.6 Å². The van der Waals surface area contributed by atoms with E-state index < -0.39 is 0 Å². The lowest BCUT2D eigenvalue weighted by Crippen LogP contribution is -2.50. The molecular formula is C13H23NO2. The van der Waals surface area contributed by atoms with Gasteiger partial charge in [0.15, 0.2) is 0 Å². The maximum Gasteiger partial charge on any atom is 0.219 e. The lowest BCUT2D eigenvalue weighted by Gasteiger charge is -2.51. The number of nitrogens with zero attached hydrogens (tertiary/aromatic N) is 1. The largest absolute Gasteiger partial charge is 0.378 e. The van der Waals surface area contributed by atoms with Gasteiger partial charge in [-0.25, -0.2) is 0 Å². The molecule has 0 aromatic heterocycles. The third-order valence-corrected chi connectivity index (χ3v) is 4.15. The Morgan fingerprint density at radius 1 is 1.38 bits per heavy atom. The average Bonchev–Trinajstić information content (AvgIpc) is 2.24. The smallest absolute Gasteiger partial charge is 0.219 e. The molecule has 1 aliphatic carbocycles. The number of hydrogen-bond donors (Lipinski definition) is 0. The summed E-state index contributed by atoms with van der Waals surface area (Å²) in [6.07, 6.45) is 6.42. The number of piperidine rings is 1. The van der Waals surface area contributed by atoms with Crippen molar-refractivity contribution in [3.8, 4) is 0 Å². The molecule has 1 saturated carbocycles. The van der Waals surface area contributed by atoms with Crippen molar-refractivity contribution >= 4 is 5.91 Å². The van der Waals surface area contributed by atoms with Crippen LogP contribution in [-0.2, 0) is 9.53 Å². The summed E-state index contributed by atoms with van der Waals surface area (Å²) in [6, 6.07) is 0. The standard InChI is InChI=1S/C13H23NO2/c1-3-8-16-12-9-13(10-12)4-6-14(7-5-13)11(2)15/h12H,3-10H2,1-2H3. The quantitative estimate of drug-likeness (QED) is 0.737. The molecule has 0 aromatic carbocycles. The Morgan fingerprint density at radius 3 is 2.50 bits per heavy atom. The van der Waals surface area contributed by atoms with Crippen molar-refractivity contribution in [2.45, 2.75) is 52.1 Å². The summed E-state index contributed by atoms with van der Waals surface area (Å²) in [7, 11) is 0. The summed E-state index contributed by atoms with van der Waals surface area (Å²) in [5, 5.41) is 0. The van der Waals surface area contributed by atoms with Crippen molar-refractivity contribution in [1.29, 1.82) is 0 Å². The van der Waals surface area contributed by atoms with Crippen LogP contribution in [0.2, 0.25) is 0 Å². The molecule has 3 heteroatoms. The second kappa shape index (κ2) is 4.74. The number of likely N-dealkylation sites (tertiary alicyclic amines) is 1. The van der Waals surface area contributed by atoms with Gasteiger partial charge >= 0.3 is 0 Å². The van der Waals surface area contributed by atoms with Gasteiger partial charge < -0.3 is 9.64 Å². The third-order valence-electron chi connectivity index (χ3n) is 4.15. The van der Waals surface area contributed by atoms with Gasteiger partial charge in [0.2, 0.25) is 5.91 Å². The lowest BCUT2D eigenvalue weighted by molar-refractivity contribution is -0.137. The number of hydrogen-bond acceptors (Lipinski definition) is 2.